The molecule has 0 radical (unpaired) electrons. The van der Waals surface area contributed by atoms with Crippen molar-refractivity contribution in [3.8, 4) is 5.75 Å². The molecule has 2 rings (SSSR count). The van der Waals surface area contributed by atoms with E-state index in [-0.39, 0.29) is 5.41 Å². The molecule has 0 aliphatic rings. The summed E-state index contributed by atoms with van der Waals surface area (Å²) >= 11 is 0. The van der Waals surface area contributed by atoms with Crippen molar-refractivity contribution in [3.63, 3.8) is 0 Å². The molecule has 0 atom stereocenters. The van der Waals surface area contributed by atoms with Crippen LogP contribution in [0.2, 0.25) is 0 Å². The monoisotopic (exact) mass is 232 g/mol. The van der Waals surface area contributed by atoms with E-state index in [4.69, 9.17) is 10.5 Å². The maximum atomic E-state index is 5.84. The van der Waals surface area contributed by atoms with Crippen molar-refractivity contribution in [1.82, 2.24) is 4.98 Å². The lowest BCUT2D eigenvalue weighted by Crippen LogP contribution is -2.27. The Hall–Kier alpha value is -1.48. The average molecular weight is 232 g/mol. The van der Waals surface area contributed by atoms with Crippen LogP contribution in [0.1, 0.15) is 26.3 Å². The van der Waals surface area contributed by atoms with Crippen molar-refractivity contribution >= 4 is 10.9 Å². The Bertz CT molecular complexity index is 514. The summed E-state index contributed by atoms with van der Waals surface area (Å²) in [5, 5.41) is 1.20. The number of nitrogens with one attached hydrogen (secondary N) is 1. The molecule has 0 amide bonds. The lowest BCUT2D eigenvalue weighted by molar-refractivity contribution is 0.340. The minimum atomic E-state index is -0.0247. The Labute approximate surface area is 102 Å². The number of benzene rings is 1. The van der Waals surface area contributed by atoms with E-state index in [1.807, 2.05) is 19.2 Å². The topological polar surface area (TPSA) is 51.0 Å². The molecule has 92 valence electrons. The Morgan fingerprint density at radius 3 is 2.76 bits per heavy atom. The highest BCUT2D eigenvalue weighted by molar-refractivity contribution is 5.85. The van der Waals surface area contributed by atoms with Crippen LogP contribution in [0.5, 0.6) is 5.75 Å². The van der Waals surface area contributed by atoms with Crippen molar-refractivity contribution in [3.05, 3.63) is 30.0 Å². The third-order valence-corrected chi connectivity index (χ3v) is 3.20. The van der Waals surface area contributed by atoms with Crippen LogP contribution < -0.4 is 10.5 Å². The van der Waals surface area contributed by atoms with Crippen molar-refractivity contribution in [2.24, 2.45) is 5.73 Å². The molecule has 2 aromatic rings. The van der Waals surface area contributed by atoms with Gasteiger partial charge < -0.3 is 15.5 Å². The molecule has 1 aromatic carbocycles. The van der Waals surface area contributed by atoms with Crippen LogP contribution in [0.3, 0.4) is 0 Å². The molecule has 0 bridgehead atoms. The minimum Gasteiger partial charge on any atom is -0.494 e. The number of aromatic nitrogens is 1. The number of rotatable bonds is 4. The molecule has 0 aliphatic carbocycles. The third-order valence-electron chi connectivity index (χ3n) is 3.20. The van der Waals surface area contributed by atoms with Crippen molar-refractivity contribution < 1.29 is 4.74 Å². The number of nitrogens with two attached hydrogens (primary N) is 1. The third kappa shape index (κ3) is 2.15. The molecular formula is C14H20N2O. The number of fused-ring (bicyclic) bond motifs is 1. The van der Waals surface area contributed by atoms with E-state index in [0.717, 1.165) is 11.3 Å². The van der Waals surface area contributed by atoms with Crippen molar-refractivity contribution in [1.29, 1.82) is 0 Å². The summed E-state index contributed by atoms with van der Waals surface area (Å²) in [4.78, 5) is 3.29. The predicted molar refractivity (Wildman–Crippen MR) is 71.5 cm³/mol. The summed E-state index contributed by atoms with van der Waals surface area (Å²) in [7, 11) is 0. The lowest BCUT2D eigenvalue weighted by atomic mass is 9.84. The highest BCUT2D eigenvalue weighted by atomic mass is 16.5. The molecule has 3 heteroatoms. The molecule has 0 aliphatic heterocycles. The van der Waals surface area contributed by atoms with Crippen LogP contribution in [-0.4, -0.2) is 18.1 Å². The van der Waals surface area contributed by atoms with Crippen LogP contribution in [0, 0.1) is 0 Å². The summed E-state index contributed by atoms with van der Waals surface area (Å²) in [6.07, 6.45) is 2.05. The summed E-state index contributed by atoms with van der Waals surface area (Å²) in [5.41, 5.74) is 8.19. The first-order valence-electron chi connectivity index (χ1n) is 6.03. The second kappa shape index (κ2) is 4.41. The maximum absolute atomic E-state index is 5.84. The Balaban J connectivity index is 2.54. The van der Waals surface area contributed by atoms with Gasteiger partial charge in [0, 0.05) is 29.1 Å². The van der Waals surface area contributed by atoms with Crippen LogP contribution >= 0.6 is 0 Å². The van der Waals surface area contributed by atoms with Gasteiger partial charge in [-0.1, -0.05) is 13.8 Å². The Kier molecular flexibility index (Phi) is 3.11. The fourth-order valence-corrected chi connectivity index (χ4v) is 2.03. The van der Waals surface area contributed by atoms with E-state index in [1.165, 1.54) is 10.9 Å². The molecular weight excluding hydrogens is 212 g/mol. The minimum absolute atomic E-state index is 0.0247. The van der Waals surface area contributed by atoms with Gasteiger partial charge in [0.2, 0.25) is 0 Å². The van der Waals surface area contributed by atoms with Crippen LogP contribution in [0.4, 0.5) is 0 Å². The van der Waals surface area contributed by atoms with E-state index in [9.17, 15) is 0 Å². The van der Waals surface area contributed by atoms with E-state index in [0.29, 0.717) is 13.2 Å². The summed E-state index contributed by atoms with van der Waals surface area (Å²) < 4.78 is 5.54. The van der Waals surface area contributed by atoms with Crippen molar-refractivity contribution in [2.45, 2.75) is 26.2 Å². The van der Waals surface area contributed by atoms with E-state index < -0.39 is 0 Å². The first-order valence-corrected chi connectivity index (χ1v) is 6.03. The highest BCUT2D eigenvalue weighted by Crippen LogP contribution is 2.31. The molecule has 3 N–H and O–H groups in total. The second-order valence-electron chi connectivity index (χ2n) is 4.93. The Morgan fingerprint density at radius 2 is 2.12 bits per heavy atom. The molecule has 0 fully saturated rings. The van der Waals surface area contributed by atoms with E-state index in [2.05, 4.69) is 31.0 Å². The summed E-state index contributed by atoms with van der Waals surface area (Å²) in [6.45, 7) is 7.61. The molecule has 0 spiro atoms. The van der Waals surface area contributed by atoms with Gasteiger partial charge in [-0.3, -0.25) is 0 Å². The average Bonchev–Trinajstić information content (AvgIpc) is 2.73. The number of ether oxygens (including phenoxy) is 1. The molecule has 0 saturated heterocycles. The van der Waals surface area contributed by atoms with Gasteiger partial charge in [-0.25, -0.2) is 0 Å². The van der Waals surface area contributed by atoms with Crippen molar-refractivity contribution in [2.75, 3.05) is 13.2 Å². The molecule has 1 heterocycles. The maximum Gasteiger partial charge on any atom is 0.120 e. The molecule has 1 aromatic heterocycles. The number of hydrogen-bond donors (Lipinski definition) is 2. The lowest BCUT2D eigenvalue weighted by Gasteiger charge is -2.21. The zero-order valence-electron chi connectivity index (χ0n) is 10.7. The number of H-pyrrole nitrogens is 1. The standard InChI is InChI=1S/C14H20N2O/c1-4-17-10-5-6-13-11(7-10)12(8-16-13)14(2,3)9-15/h5-8,16H,4,9,15H2,1-3H3. The van der Waals surface area contributed by atoms with Crippen LogP contribution in [0.15, 0.2) is 24.4 Å². The Morgan fingerprint density at radius 1 is 1.35 bits per heavy atom. The largest absolute Gasteiger partial charge is 0.494 e. The first-order chi connectivity index (χ1) is 8.08. The van der Waals surface area contributed by atoms with E-state index >= 15 is 0 Å². The van der Waals surface area contributed by atoms with Gasteiger partial charge >= 0.3 is 0 Å². The quantitative estimate of drug-likeness (QED) is 0.851. The fourth-order valence-electron chi connectivity index (χ4n) is 2.03. The van der Waals surface area contributed by atoms with Crippen LogP contribution in [-0.2, 0) is 5.41 Å². The normalized spacial score (nSPS) is 12.0. The zero-order valence-corrected chi connectivity index (χ0v) is 10.7. The van der Waals surface area contributed by atoms with Gasteiger partial charge in [-0.15, -0.1) is 0 Å². The van der Waals surface area contributed by atoms with Crippen LogP contribution in [0.25, 0.3) is 10.9 Å². The number of aromatic amines is 1. The highest BCUT2D eigenvalue weighted by Gasteiger charge is 2.22. The molecule has 17 heavy (non-hydrogen) atoms. The fraction of sp³-hybridized carbons (Fsp3) is 0.429. The van der Waals surface area contributed by atoms with Gasteiger partial charge in [0.15, 0.2) is 0 Å². The smallest absolute Gasteiger partial charge is 0.120 e. The second-order valence-corrected chi connectivity index (χ2v) is 4.93. The SMILES string of the molecule is CCOc1ccc2[nH]cc(C(C)(C)CN)c2c1. The van der Waals surface area contributed by atoms with Gasteiger partial charge in [-0.2, -0.15) is 0 Å². The number of hydrogen-bond acceptors (Lipinski definition) is 2. The zero-order chi connectivity index (χ0) is 12.5. The first kappa shape index (κ1) is 12.0. The van der Waals surface area contributed by atoms with Gasteiger partial charge in [-0.05, 0) is 30.7 Å². The van der Waals surface area contributed by atoms with Gasteiger partial charge in [0.25, 0.3) is 0 Å². The predicted octanol–water partition coefficient (Wildman–Crippen LogP) is 2.80. The summed E-state index contributed by atoms with van der Waals surface area (Å²) in [6, 6.07) is 6.13. The molecule has 0 unspecified atom stereocenters. The molecule has 0 saturated carbocycles. The summed E-state index contributed by atoms with van der Waals surface area (Å²) in [5.74, 6) is 0.911. The van der Waals surface area contributed by atoms with E-state index in [1.54, 1.807) is 0 Å². The van der Waals surface area contributed by atoms with Gasteiger partial charge in [0.05, 0.1) is 6.61 Å². The van der Waals surface area contributed by atoms with Gasteiger partial charge in [0.1, 0.15) is 5.75 Å². The molecule has 3 nitrogen and oxygen atoms in total.